The van der Waals surface area contributed by atoms with Gasteiger partial charge >= 0.3 is 11.9 Å². The molecule has 0 radical (unpaired) electrons. The van der Waals surface area contributed by atoms with Crippen molar-refractivity contribution in [3.8, 4) is 5.69 Å². The van der Waals surface area contributed by atoms with E-state index in [1.165, 1.54) is 18.2 Å². The zero-order valence-corrected chi connectivity index (χ0v) is 13.6. The number of aldehydes is 1. The molecule has 2 aromatic rings. The van der Waals surface area contributed by atoms with Gasteiger partial charge in [0.2, 0.25) is 0 Å². The topological polar surface area (TPSA) is 61.1 Å². The summed E-state index contributed by atoms with van der Waals surface area (Å²) in [6.07, 6.45) is -3.70. The minimum Gasteiger partial charge on any atom is -0.302 e. The minimum atomic E-state index is -4.82. The van der Waals surface area contributed by atoms with Gasteiger partial charge < -0.3 is 4.79 Å². The van der Waals surface area contributed by atoms with Crippen LogP contribution in [0.1, 0.15) is 17.7 Å². The summed E-state index contributed by atoms with van der Waals surface area (Å²) >= 11 is 6.01. The third-order valence-electron chi connectivity index (χ3n) is 4.38. The molecular weight excluding hydrogens is 361 g/mol. The maximum atomic E-state index is 12.9. The van der Waals surface area contributed by atoms with E-state index in [9.17, 15) is 27.6 Å². The normalized spacial score (nSPS) is 22.7. The van der Waals surface area contributed by atoms with Gasteiger partial charge in [0.25, 0.3) is 5.56 Å². The molecule has 0 bridgehead atoms. The van der Waals surface area contributed by atoms with Crippen molar-refractivity contribution in [2.24, 2.45) is 7.05 Å². The summed E-state index contributed by atoms with van der Waals surface area (Å²) in [4.78, 5) is 35.8. The number of halogens is 4. The molecule has 0 N–H and O–H groups in total. The molecule has 0 amide bonds. The fraction of sp³-hybridized carbons (Fsp3) is 0.312. The van der Waals surface area contributed by atoms with Gasteiger partial charge in [-0.05, 0) is 24.1 Å². The summed E-state index contributed by atoms with van der Waals surface area (Å²) in [5.41, 5.74) is -3.87. The predicted octanol–water partition coefficient (Wildman–Crippen LogP) is 2.00. The Morgan fingerprint density at radius 2 is 1.92 bits per heavy atom. The van der Waals surface area contributed by atoms with E-state index in [0.717, 1.165) is 7.05 Å². The molecule has 1 aliphatic rings. The molecule has 0 spiro atoms. The van der Waals surface area contributed by atoms with Gasteiger partial charge in [-0.25, -0.2) is 9.36 Å². The highest BCUT2D eigenvalue weighted by Gasteiger charge is 2.54. The first-order valence-electron chi connectivity index (χ1n) is 7.23. The number of carbonyl (C=O) groups is 1. The molecular formula is C16H12ClF3N2O3. The lowest BCUT2D eigenvalue weighted by Crippen LogP contribution is -2.40. The van der Waals surface area contributed by atoms with Crippen molar-refractivity contribution >= 4 is 17.9 Å². The van der Waals surface area contributed by atoms with Crippen molar-refractivity contribution in [2.45, 2.75) is 23.4 Å². The number of benzene rings is 1. The number of carbonyl (C=O) groups excluding carboxylic acids is 1. The third kappa shape index (κ3) is 2.70. The Labute approximate surface area is 144 Å². The van der Waals surface area contributed by atoms with Gasteiger partial charge in [0.15, 0.2) is 0 Å². The lowest BCUT2D eigenvalue weighted by atomic mass is 9.97. The van der Waals surface area contributed by atoms with Crippen molar-refractivity contribution in [2.75, 3.05) is 0 Å². The molecule has 0 saturated heterocycles. The standard InChI is InChI=1S/C16H12ClF3N2O3/c1-21-12(16(18,19)20)6-13(24)22(14(21)25)10-4-2-3-9(5-10)15(8-23)7-11(15)17/h2-6,8,11H,7H2,1H3. The van der Waals surface area contributed by atoms with Gasteiger partial charge in [-0.2, -0.15) is 13.2 Å². The van der Waals surface area contributed by atoms with Gasteiger partial charge in [-0.15, -0.1) is 11.6 Å². The van der Waals surface area contributed by atoms with E-state index in [1.807, 2.05) is 0 Å². The average Bonchev–Trinajstić information content (AvgIpc) is 3.22. The molecule has 1 aliphatic carbocycles. The first-order chi connectivity index (χ1) is 11.6. The van der Waals surface area contributed by atoms with Crippen LogP contribution in [0.4, 0.5) is 13.2 Å². The van der Waals surface area contributed by atoms with Crippen LogP contribution < -0.4 is 11.2 Å². The van der Waals surface area contributed by atoms with E-state index in [0.29, 0.717) is 33.5 Å². The third-order valence-corrected chi connectivity index (χ3v) is 4.92. The van der Waals surface area contributed by atoms with Crippen molar-refractivity contribution in [1.82, 2.24) is 9.13 Å². The summed E-state index contributed by atoms with van der Waals surface area (Å²) in [6, 6.07) is 6.34. The van der Waals surface area contributed by atoms with Crippen LogP contribution in [0.15, 0.2) is 39.9 Å². The molecule has 9 heteroatoms. The number of hydrogen-bond donors (Lipinski definition) is 0. The highest BCUT2D eigenvalue weighted by Crippen LogP contribution is 2.50. The Bertz CT molecular complexity index is 980. The molecule has 3 rings (SSSR count). The van der Waals surface area contributed by atoms with Crippen LogP contribution in [0.5, 0.6) is 0 Å². The molecule has 1 fully saturated rings. The van der Waals surface area contributed by atoms with Crippen molar-refractivity contribution in [3.63, 3.8) is 0 Å². The molecule has 2 atom stereocenters. The van der Waals surface area contributed by atoms with E-state index >= 15 is 0 Å². The second-order valence-electron chi connectivity index (χ2n) is 5.92. The summed E-state index contributed by atoms with van der Waals surface area (Å²) < 4.78 is 39.7. The Kier molecular flexibility index (Phi) is 3.90. The fourth-order valence-corrected chi connectivity index (χ4v) is 3.23. The lowest BCUT2D eigenvalue weighted by molar-refractivity contribution is -0.144. The molecule has 1 heterocycles. The number of hydrogen-bond acceptors (Lipinski definition) is 3. The minimum absolute atomic E-state index is 0.0776. The highest BCUT2D eigenvalue weighted by molar-refractivity contribution is 6.26. The van der Waals surface area contributed by atoms with Crippen LogP contribution in [0, 0.1) is 0 Å². The number of aromatic nitrogens is 2. The Balaban J connectivity index is 2.19. The van der Waals surface area contributed by atoms with Crippen molar-refractivity contribution in [1.29, 1.82) is 0 Å². The first kappa shape index (κ1) is 17.5. The smallest absolute Gasteiger partial charge is 0.302 e. The van der Waals surface area contributed by atoms with E-state index in [-0.39, 0.29) is 5.69 Å². The van der Waals surface area contributed by atoms with E-state index in [2.05, 4.69) is 0 Å². The second-order valence-corrected chi connectivity index (χ2v) is 6.45. The quantitative estimate of drug-likeness (QED) is 0.611. The first-order valence-corrected chi connectivity index (χ1v) is 7.67. The van der Waals surface area contributed by atoms with Crippen LogP contribution in [0.2, 0.25) is 0 Å². The van der Waals surface area contributed by atoms with E-state index in [4.69, 9.17) is 11.6 Å². The van der Waals surface area contributed by atoms with Crippen LogP contribution in [0.3, 0.4) is 0 Å². The van der Waals surface area contributed by atoms with Gasteiger partial charge in [0.1, 0.15) is 12.0 Å². The molecule has 25 heavy (non-hydrogen) atoms. The predicted molar refractivity (Wildman–Crippen MR) is 84.3 cm³/mol. The van der Waals surface area contributed by atoms with Crippen LogP contribution in [-0.4, -0.2) is 20.8 Å². The van der Waals surface area contributed by atoms with E-state index in [1.54, 1.807) is 6.07 Å². The number of rotatable bonds is 3. The van der Waals surface area contributed by atoms with E-state index < -0.39 is 33.9 Å². The molecule has 1 aromatic heterocycles. The SMILES string of the molecule is Cn1c(C(F)(F)F)cc(=O)n(-c2cccc(C3(C=O)CC3Cl)c2)c1=O. The molecule has 1 saturated carbocycles. The molecule has 5 nitrogen and oxygen atoms in total. The maximum absolute atomic E-state index is 12.9. The van der Waals surface area contributed by atoms with Gasteiger partial charge in [0, 0.05) is 13.1 Å². The average molecular weight is 373 g/mol. The summed E-state index contributed by atoms with van der Waals surface area (Å²) in [7, 11) is 0.938. The van der Waals surface area contributed by atoms with Crippen LogP contribution in [0.25, 0.3) is 5.69 Å². The van der Waals surface area contributed by atoms with Crippen LogP contribution in [-0.2, 0) is 23.4 Å². The van der Waals surface area contributed by atoms with Crippen molar-refractivity contribution < 1.29 is 18.0 Å². The van der Waals surface area contributed by atoms with Gasteiger partial charge in [0.05, 0.1) is 16.5 Å². The Hall–Kier alpha value is -2.35. The highest BCUT2D eigenvalue weighted by atomic mass is 35.5. The number of alkyl halides is 4. The largest absolute Gasteiger partial charge is 0.431 e. The fourth-order valence-electron chi connectivity index (χ4n) is 2.80. The van der Waals surface area contributed by atoms with Gasteiger partial charge in [-0.1, -0.05) is 12.1 Å². The van der Waals surface area contributed by atoms with Crippen molar-refractivity contribution in [3.05, 3.63) is 62.4 Å². The Morgan fingerprint density at radius 1 is 1.28 bits per heavy atom. The molecule has 1 aromatic carbocycles. The summed E-state index contributed by atoms with van der Waals surface area (Å²) in [5, 5.41) is -0.396. The molecule has 2 unspecified atom stereocenters. The lowest BCUT2D eigenvalue weighted by Gasteiger charge is -2.15. The zero-order chi connectivity index (χ0) is 18.6. The van der Waals surface area contributed by atoms with Crippen LogP contribution >= 0.6 is 11.6 Å². The monoisotopic (exact) mass is 372 g/mol. The Morgan fingerprint density at radius 3 is 2.44 bits per heavy atom. The maximum Gasteiger partial charge on any atom is 0.431 e. The molecule has 0 aliphatic heterocycles. The zero-order valence-electron chi connectivity index (χ0n) is 12.9. The van der Waals surface area contributed by atoms with Gasteiger partial charge in [-0.3, -0.25) is 9.36 Å². The summed E-state index contributed by atoms with van der Waals surface area (Å²) in [5.74, 6) is 0. The summed E-state index contributed by atoms with van der Waals surface area (Å²) in [6.45, 7) is 0. The molecule has 132 valence electrons. The number of nitrogens with zero attached hydrogens (tertiary/aromatic N) is 2. The second kappa shape index (κ2) is 5.59.